The van der Waals surface area contributed by atoms with Crippen molar-refractivity contribution < 1.29 is 19.3 Å². The fourth-order valence-corrected chi connectivity index (χ4v) is 4.19. The first-order valence-corrected chi connectivity index (χ1v) is 13.2. The first-order chi connectivity index (χ1) is 14.9. The van der Waals surface area contributed by atoms with Crippen molar-refractivity contribution in [3.8, 4) is 0 Å². The van der Waals surface area contributed by atoms with Crippen molar-refractivity contribution in [1.29, 1.82) is 0 Å². The molecule has 0 bridgehead atoms. The van der Waals surface area contributed by atoms with Crippen LogP contribution in [0.3, 0.4) is 0 Å². The van der Waals surface area contributed by atoms with Crippen molar-refractivity contribution in [2.75, 3.05) is 39.6 Å². The number of rotatable bonds is 23. The normalized spacial score (nSPS) is 19.0. The zero-order valence-electron chi connectivity index (χ0n) is 20.1. The van der Waals surface area contributed by atoms with Crippen LogP contribution in [0.2, 0.25) is 0 Å². The molecule has 1 N–H and O–H groups in total. The molecule has 1 saturated heterocycles. The van der Waals surface area contributed by atoms with E-state index in [1.807, 2.05) is 0 Å². The fraction of sp³-hybridized carbons (Fsp3) is 1.00. The summed E-state index contributed by atoms with van der Waals surface area (Å²) in [6.07, 6.45) is 22.2. The van der Waals surface area contributed by atoms with E-state index in [1.165, 1.54) is 77.0 Å². The highest BCUT2D eigenvalue weighted by atomic mass is 16.5. The third kappa shape index (κ3) is 17.5. The summed E-state index contributed by atoms with van der Waals surface area (Å²) in [6, 6.07) is 0. The molecule has 4 nitrogen and oxygen atoms in total. The summed E-state index contributed by atoms with van der Waals surface area (Å²) < 4.78 is 17.5. The van der Waals surface area contributed by atoms with Crippen LogP contribution >= 0.6 is 0 Å². The smallest absolute Gasteiger partial charge is 0.0813 e. The van der Waals surface area contributed by atoms with Crippen LogP contribution in [-0.4, -0.2) is 50.9 Å². The van der Waals surface area contributed by atoms with Crippen LogP contribution in [0.5, 0.6) is 0 Å². The number of aliphatic hydroxyl groups excluding tert-OH is 1. The Hall–Kier alpha value is -0.160. The molecule has 1 heterocycles. The van der Waals surface area contributed by atoms with Gasteiger partial charge in [0.2, 0.25) is 0 Å². The molecule has 1 fully saturated rings. The first kappa shape index (κ1) is 27.9. The lowest BCUT2D eigenvalue weighted by Crippen LogP contribution is -2.15. The third-order valence-electron chi connectivity index (χ3n) is 6.16. The molecule has 30 heavy (non-hydrogen) atoms. The molecule has 4 heteroatoms. The van der Waals surface area contributed by atoms with Gasteiger partial charge in [0.1, 0.15) is 0 Å². The lowest BCUT2D eigenvalue weighted by molar-refractivity contribution is 0.0140. The molecule has 0 aliphatic carbocycles. The summed E-state index contributed by atoms with van der Waals surface area (Å²) in [4.78, 5) is 0. The lowest BCUT2D eigenvalue weighted by atomic mass is 10.1. The van der Waals surface area contributed by atoms with Crippen molar-refractivity contribution in [3.63, 3.8) is 0 Å². The minimum absolute atomic E-state index is 0.252. The van der Waals surface area contributed by atoms with Crippen LogP contribution in [-0.2, 0) is 14.2 Å². The predicted octanol–water partition coefficient (Wildman–Crippen LogP) is 6.68. The summed E-state index contributed by atoms with van der Waals surface area (Å²) in [7, 11) is 0. The van der Waals surface area contributed by atoms with Crippen molar-refractivity contribution in [2.45, 2.75) is 122 Å². The predicted molar refractivity (Wildman–Crippen MR) is 126 cm³/mol. The Morgan fingerprint density at radius 3 is 1.73 bits per heavy atom. The highest BCUT2D eigenvalue weighted by molar-refractivity contribution is 4.73. The summed E-state index contributed by atoms with van der Waals surface area (Å²) >= 11 is 0. The average Bonchev–Trinajstić information content (AvgIpc) is 3.21. The zero-order chi connectivity index (χ0) is 21.5. The molecular formula is C26H52O4. The largest absolute Gasteiger partial charge is 0.396 e. The van der Waals surface area contributed by atoms with E-state index in [4.69, 9.17) is 19.3 Å². The summed E-state index contributed by atoms with van der Waals surface area (Å²) in [5.41, 5.74) is 0. The highest BCUT2D eigenvalue weighted by Crippen LogP contribution is 2.20. The van der Waals surface area contributed by atoms with Gasteiger partial charge in [0.05, 0.1) is 25.9 Å². The second-order valence-electron chi connectivity index (χ2n) is 9.23. The van der Waals surface area contributed by atoms with Crippen LogP contribution in [0, 0.1) is 5.92 Å². The van der Waals surface area contributed by atoms with E-state index >= 15 is 0 Å². The van der Waals surface area contributed by atoms with Gasteiger partial charge >= 0.3 is 0 Å². The van der Waals surface area contributed by atoms with Gasteiger partial charge in [-0.3, -0.25) is 0 Å². The van der Waals surface area contributed by atoms with Gasteiger partial charge in [-0.25, -0.2) is 0 Å². The minimum Gasteiger partial charge on any atom is -0.396 e. The number of aliphatic hydroxyl groups is 1. The van der Waals surface area contributed by atoms with E-state index in [2.05, 4.69) is 6.92 Å². The van der Waals surface area contributed by atoms with Gasteiger partial charge in [0.15, 0.2) is 0 Å². The monoisotopic (exact) mass is 428 g/mol. The zero-order valence-corrected chi connectivity index (χ0v) is 20.1. The van der Waals surface area contributed by atoms with Gasteiger partial charge in [0.25, 0.3) is 0 Å². The van der Waals surface area contributed by atoms with Gasteiger partial charge in [0, 0.05) is 25.7 Å². The Morgan fingerprint density at radius 2 is 1.17 bits per heavy atom. The number of ether oxygens (including phenoxy) is 3. The number of unbranched alkanes of at least 4 members (excludes halogenated alkanes) is 14. The fourth-order valence-electron chi connectivity index (χ4n) is 4.19. The highest BCUT2D eigenvalue weighted by Gasteiger charge is 2.25. The Labute approximate surface area is 187 Å². The first-order valence-electron chi connectivity index (χ1n) is 13.2. The number of hydrogen-bond donors (Lipinski definition) is 1. The Bertz CT molecular complexity index is 337. The van der Waals surface area contributed by atoms with Gasteiger partial charge in [-0.05, 0) is 25.7 Å². The summed E-state index contributed by atoms with van der Waals surface area (Å²) in [5.74, 6) is 0.542. The second-order valence-corrected chi connectivity index (χ2v) is 9.23. The maximum atomic E-state index is 8.76. The molecule has 0 aromatic rings. The molecule has 0 saturated carbocycles. The van der Waals surface area contributed by atoms with E-state index in [9.17, 15) is 0 Å². The molecule has 0 amide bonds. The quantitative estimate of drug-likeness (QED) is 0.184. The molecule has 0 aromatic heterocycles. The Morgan fingerprint density at radius 1 is 0.667 bits per heavy atom. The van der Waals surface area contributed by atoms with E-state index in [0.717, 1.165) is 65.1 Å². The minimum atomic E-state index is 0.252. The SMILES string of the molecule is CCCCCCCCCCCCCCOCC1COC(COCCCCCCO)C1. The molecule has 180 valence electrons. The summed E-state index contributed by atoms with van der Waals surface area (Å²) in [5, 5.41) is 8.76. The summed E-state index contributed by atoms with van der Waals surface area (Å²) in [6.45, 7) is 6.69. The van der Waals surface area contributed by atoms with Gasteiger partial charge in [-0.15, -0.1) is 0 Å². The topological polar surface area (TPSA) is 47.9 Å². The van der Waals surface area contributed by atoms with Crippen molar-refractivity contribution in [1.82, 2.24) is 0 Å². The van der Waals surface area contributed by atoms with Crippen molar-refractivity contribution in [3.05, 3.63) is 0 Å². The maximum absolute atomic E-state index is 8.76. The van der Waals surface area contributed by atoms with E-state index in [0.29, 0.717) is 12.5 Å². The van der Waals surface area contributed by atoms with Gasteiger partial charge in [-0.1, -0.05) is 90.4 Å². The lowest BCUT2D eigenvalue weighted by Gasteiger charge is -2.11. The van der Waals surface area contributed by atoms with Crippen LogP contribution in [0.25, 0.3) is 0 Å². The maximum Gasteiger partial charge on any atom is 0.0813 e. The molecule has 2 atom stereocenters. The molecule has 0 radical (unpaired) electrons. The molecule has 1 aliphatic heterocycles. The average molecular weight is 429 g/mol. The van der Waals surface area contributed by atoms with Crippen LogP contribution in [0.15, 0.2) is 0 Å². The van der Waals surface area contributed by atoms with E-state index in [1.54, 1.807) is 0 Å². The molecular weight excluding hydrogens is 376 g/mol. The second kappa shape index (κ2) is 22.0. The van der Waals surface area contributed by atoms with Crippen LogP contribution < -0.4 is 0 Å². The Balaban J connectivity index is 1.76. The van der Waals surface area contributed by atoms with Crippen LogP contribution in [0.4, 0.5) is 0 Å². The van der Waals surface area contributed by atoms with Gasteiger partial charge < -0.3 is 19.3 Å². The van der Waals surface area contributed by atoms with Gasteiger partial charge in [-0.2, -0.15) is 0 Å². The van der Waals surface area contributed by atoms with Crippen LogP contribution in [0.1, 0.15) is 116 Å². The molecule has 2 unspecified atom stereocenters. The van der Waals surface area contributed by atoms with E-state index < -0.39 is 0 Å². The molecule has 1 aliphatic rings. The third-order valence-corrected chi connectivity index (χ3v) is 6.16. The standard InChI is InChI=1S/C26H52O4/c1-2-3-4-5-6-7-8-9-10-11-13-16-19-28-22-25-21-26(30-23-25)24-29-20-17-14-12-15-18-27/h25-27H,2-24H2,1H3. The molecule has 1 rings (SSSR count). The Kier molecular flexibility index (Phi) is 20.5. The van der Waals surface area contributed by atoms with Crippen molar-refractivity contribution >= 4 is 0 Å². The molecule has 0 aromatic carbocycles. The number of hydrogen-bond acceptors (Lipinski definition) is 4. The van der Waals surface area contributed by atoms with E-state index in [-0.39, 0.29) is 6.10 Å². The molecule has 0 spiro atoms. The van der Waals surface area contributed by atoms with Crippen molar-refractivity contribution in [2.24, 2.45) is 5.92 Å².